The molecule has 0 amide bonds. The van der Waals surface area contributed by atoms with Crippen LogP contribution in [-0.2, 0) is 9.53 Å². The number of ether oxygens (including phenoxy) is 2. The molecule has 7 heteroatoms. The molecule has 0 unspecified atom stereocenters. The number of carbonyl (C=O) groups excluding carboxylic acids is 1. The summed E-state index contributed by atoms with van der Waals surface area (Å²) in [5.74, 6) is 0.583. The Morgan fingerprint density at radius 2 is 2.27 bits per heavy atom. The minimum atomic E-state index is -0.524. The molecule has 1 aromatic carbocycles. The normalized spacial score (nSPS) is 28.3. The van der Waals surface area contributed by atoms with Gasteiger partial charge in [-0.25, -0.2) is 0 Å². The zero-order valence-corrected chi connectivity index (χ0v) is 17.8. The molecule has 1 radical (unpaired) electrons. The summed E-state index contributed by atoms with van der Waals surface area (Å²) < 4.78 is 10.6. The molecular formula is C15H18AcO5S. The molecule has 1 heterocycles. The number of methoxy groups -OCH3 is 1. The number of para-hydroxylation sites is 1. The van der Waals surface area contributed by atoms with E-state index in [1.165, 1.54) is 18.9 Å². The molecule has 1 saturated carbocycles. The van der Waals surface area contributed by atoms with Crippen LogP contribution < -0.4 is 4.74 Å². The number of rotatable bonds is 4. The number of aliphatic hydroxyl groups excluding tert-OH is 2. The molecule has 2 N–H and O–H groups in total. The Kier molecular flexibility index (Phi) is 6.61. The van der Waals surface area contributed by atoms with Crippen LogP contribution in [0.1, 0.15) is 17.9 Å². The number of aliphatic hydroxyl groups is 2. The molecule has 117 valence electrons. The zero-order chi connectivity index (χ0) is 15.0. The van der Waals surface area contributed by atoms with Crippen molar-refractivity contribution in [1.29, 1.82) is 0 Å². The number of esters is 1. The predicted molar refractivity (Wildman–Crippen MR) is 77.5 cm³/mol. The van der Waals surface area contributed by atoms with E-state index in [0.29, 0.717) is 6.42 Å². The predicted octanol–water partition coefficient (Wildman–Crippen LogP) is 1.17. The summed E-state index contributed by atoms with van der Waals surface area (Å²) in [6, 6.07) is 5.81. The van der Waals surface area contributed by atoms with Crippen LogP contribution in [-0.4, -0.2) is 47.9 Å². The van der Waals surface area contributed by atoms with Crippen LogP contribution in [0.5, 0.6) is 5.75 Å². The van der Waals surface area contributed by atoms with Crippen molar-refractivity contribution in [2.45, 2.75) is 29.4 Å². The minimum Gasteiger partial charge on any atom is -0.488 e. The van der Waals surface area contributed by atoms with Gasteiger partial charge in [-0.1, -0.05) is 12.1 Å². The van der Waals surface area contributed by atoms with Gasteiger partial charge in [-0.15, -0.1) is 11.8 Å². The fraction of sp³-hybridized carbons (Fsp3) is 0.533. The van der Waals surface area contributed by atoms with Gasteiger partial charge in [-0.3, -0.25) is 4.79 Å². The summed E-state index contributed by atoms with van der Waals surface area (Å²) >= 11 is 1.38. The molecule has 0 aromatic heterocycles. The van der Waals surface area contributed by atoms with E-state index in [2.05, 4.69) is 4.74 Å². The van der Waals surface area contributed by atoms with Crippen molar-refractivity contribution in [3.8, 4) is 5.75 Å². The maximum atomic E-state index is 11.3. The first-order valence-corrected chi connectivity index (χ1v) is 7.92. The zero-order valence-electron chi connectivity index (χ0n) is 12.3. The Hall–Kier alpha value is 0.202. The van der Waals surface area contributed by atoms with Crippen molar-refractivity contribution in [2.75, 3.05) is 19.5 Å². The second kappa shape index (κ2) is 7.85. The van der Waals surface area contributed by atoms with Crippen molar-refractivity contribution < 1.29 is 68.5 Å². The molecule has 0 saturated heterocycles. The monoisotopic (exact) mass is 537 g/mol. The number of benzene rings is 1. The first kappa shape index (κ1) is 18.5. The molecule has 4 atom stereocenters. The smallest absolute Gasteiger partial charge is 0.315 e. The van der Waals surface area contributed by atoms with Gasteiger partial charge in [0, 0.05) is 74.5 Å². The van der Waals surface area contributed by atoms with E-state index >= 15 is 0 Å². The topological polar surface area (TPSA) is 76.0 Å². The van der Waals surface area contributed by atoms with Gasteiger partial charge in [-0.2, -0.15) is 0 Å². The van der Waals surface area contributed by atoms with Gasteiger partial charge in [0.05, 0.1) is 23.9 Å². The van der Waals surface area contributed by atoms with Crippen LogP contribution in [0.25, 0.3) is 0 Å². The fourth-order valence-electron chi connectivity index (χ4n) is 3.24. The summed E-state index contributed by atoms with van der Waals surface area (Å²) in [5.41, 5.74) is 1.02. The third-order valence-electron chi connectivity index (χ3n) is 4.25. The number of fused-ring (bicyclic) bond motifs is 3. The van der Waals surface area contributed by atoms with Crippen LogP contribution in [0.15, 0.2) is 23.1 Å². The molecule has 2 aliphatic rings. The third kappa shape index (κ3) is 3.34. The SMILES string of the molecule is COC(=O)CSc1cccc2c1O[C@H]1C[C@@H](O)[C@H](CO)[C@@H]21.[Ac]. The Morgan fingerprint density at radius 1 is 1.50 bits per heavy atom. The number of hydrogen-bond acceptors (Lipinski definition) is 6. The molecule has 1 aromatic rings. The fourth-order valence-corrected chi connectivity index (χ4v) is 4.11. The van der Waals surface area contributed by atoms with Crippen LogP contribution in [0.4, 0.5) is 0 Å². The van der Waals surface area contributed by atoms with E-state index in [4.69, 9.17) is 4.74 Å². The molecule has 0 bridgehead atoms. The molecule has 3 rings (SSSR count). The summed E-state index contributed by atoms with van der Waals surface area (Å²) in [4.78, 5) is 12.2. The van der Waals surface area contributed by atoms with Crippen LogP contribution in [0.3, 0.4) is 0 Å². The second-order valence-electron chi connectivity index (χ2n) is 5.37. The first-order valence-electron chi connectivity index (χ1n) is 6.93. The second-order valence-corrected chi connectivity index (χ2v) is 6.39. The number of thioether (sulfide) groups is 1. The van der Waals surface area contributed by atoms with Crippen molar-refractivity contribution in [3.05, 3.63) is 23.8 Å². The van der Waals surface area contributed by atoms with E-state index in [1.54, 1.807) is 0 Å². The van der Waals surface area contributed by atoms with Crippen molar-refractivity contribution >= 4 is 17.7 Å². The van der Waals surface area contributed by atoms with E-state index < -0.39 is 6.10 Å². The standard InChI is InChI=1S/C15H18O5S.Ac/c1-19-13(18)7-21-12-4-2-3-8-14-9(6-16)10(17)5-11(14)20-15(8)12;/h2-4,9-11,14,16-17H,5-7H2,1H3;/t9-,10+,11-,14+;/m0./s1. The van der Waals surface area contributed by atoms with Crippen LogP contribution in [0.2, 0.25) is 0 Å². The number of carbonyl (C=O) groups is 1. The molecular weight excluding hydrogens is 519 g/mol. The Labute approximate surface area is 169 Å². The van der Waals surface area contributed by atoms with Crippen LogP contribution >= 0.6 is 11.8 Å². The van der Waals surface area contributed by atoms with E-state index in [0.717, 1.165) is 16.2 Å². The maximum absolute atomic E-state index is 11.3. The van der Waals surface area contributed by atoms with Gasteiger partial charge in [0.25, 0.3) is 0 Å². The number of hydrogen-bond donors (Lipinski definition) is 2. The van der Waals surface area contributed by atoms with Crippen LogP contribution in [0, 0.1) is 50.0 Å². The van der Waals surface area contributed by atoms with Gasteiger partial charge < -0.3 is 19.7 Å². The Morgan fingerprint density at radius 3 is 2.95 bits per heavy atom. The molecule has 0 spiro atoms. The van der Waals surface area contributed by atoms with Crippen molar-refractivity contribution in [3.63, 3.8) is 0 Å². The third-order valence-corrected chi connectivity index (χ3v) is 5.26. The summed E-state index contributed by atoms with van der Waals surface area (Å²) in [5, 5.41) is 19.5. The molecule has 5 nitrogen and oxygen atoms in total. The first-order chi connectivity index (χ1) is 10.2. The Balaban J connectivity index is 0.00000176. The molecule has 1 aliphatic heterocycles. The molecule has 1 aliphatic carbocycles. The molecule has 1 fully saturated rings. The van der Waals surface area contributed by atoms with Gasteiger partial charge in [0.2, 0.25) is 0 Å². The van der Waals surface area contributed by atoms with Gasteiger partial charge in [0.15, 0.2) is 0 Å². The van der Waals surface area contributed by atoms with Gasteiger partial charge >= 0.3 is 5.97 Å². The van der Waals surface area contributed by atoms with E-state index in [1.807, 2.05) is 18.2 Å². The largest absolute Gasteiger partial charge is 0.488 e. The summed E-state index contributed by atoms with van der Waals surface area (Å²) in [6.07, 6.45) is -0.0809. The maximum Gasteiger partial charge on any atom is 0.315 e. The van der Waals surface area contributed by atoms with E-state index in [-0.39, 0.29) is 80.3 Å². The molecule has 22 heavy (non-hydrogen) atoms. The van der Waals surface area contributed by atoms with Crippen molar-refractivity contribution in [1.82, 2.24) is 0 Å². The Bertz CT molecular complexity index is 553. The summed E-state index contributed by atoms with van der Waals surface area (Å²) in [7, 11) is 1.37. The van der Waals surface area contributed by atoms with Gasteiger partial charge in [-0.05, 0) is 6.07 Å². The average molecular weight is 537 g/mol. The van der Waals surface area contributed by atoms with E-state index in [9.17, 15) is 15.0 Å². The quantitative estimate of drug-likeness (QED) is 0.444. The van der Waals surface area contributed by atoms with Gasteiger partial charge in [0.1, 0.15) is 11.9 Å². The summed E-state index contributed by atoms with van der Waals surface area (Å²) in [6.45, 7) is -0.0509. The average Bonchev–Trinajstić information content (AvgIpc) is 2.99. The van der Waals surface area contributed by atoms with Crippen molar-refractivity contribution in [2.24, 2.45) is 5.92 Å². The minimum absolute atomic E-state index is 0.